The van der Waals surface area contributed by atoms with Gasteiger partial charge in [-0.05, 0) is 30.2 Å². The third-order valence-electron chi connectivity index (χ3n) is 4.46. The largest absolute Gasteiger partial charge is 0.375 e. The molecule has 0 fully saturated rings. The van der Waals surface area contributed by atoms with Gasteiger partial charge in [-0.25, -0.2) is 0 Å². The SMILES string of the molecule is Cc1ccc([N+](=O)[O-])cc1NC(=O)c1ccc(NCc2ccccc2)c([N+](=O)[O-])c1. The van der Waals surface area contributed by atoms with Crippen LogP contribution in [0.4, 0.5) is 22.7 Å². The van der Waals surface area contributed by atoms with Crippen molar-refractivity contribution in [2.24, 2.45) is 0 Å². The Labute approximate surface area is 171 Å². The lowest BCUT2D eigenvalue weighted by molar-refractivity contribution is -0.384. The van der Waals surface area contributed by atoms with Crippen molar-refractivity contribution in [3.63, 3.8) is 0 Å². The molecule has 0 heterocycles. The molecule has 0 atom stereocenters. The summed E-state index contributed by atoms with van der Waals surface area (Å²) in [6, 6.07) is 17.6. The molecule has 0 aliphatic carbocycles. The molecule has 1 amide bonds. The van der Waals surface area contributed by atoms with Crippen molar-refractivity contribution in [1.82, 2.24) is 0 Å². The number of nitro groups is 2. The Bertz CT molecular complexity index is 1120. The minimum Gasteiger partial charge on any atom is -0.375 e. The normalized spacial score (nSPS) is 10.3. The summed E-state index contributed by atoms with van der Waals surface area (Å²) < 4.78 is 0. The van der Waals surface area contributed by atoms with E-state index in [0.29, 0.717) is 12.1 Å². The number of amides is 1. The predicted octanol–water partition coefficient (Wildman–Crippen LogP) is 4.68. The first kappa shape index (κ1) is 20.5. The lowest BCUT2D eigenvalue weighted by Crippen LogP contribution is -2.14. The van der Waals surface area contributed by atoms with Crippen molar-refractivity contribution >= 4 is 28.7 Å². The van der Waals surface area contributed by atoms with Crippen LogP contribution in [-0.4, -0.2) is 15.8 Å². The van der Waals surface area contributed by atoms with Crippen molar-refractivity contribution in [2.75, 3.05) is 10.6 Å². The van der Waals surface area contributed by atoms with E-state index in [1.54, 1.807) is 6.92 Å². The van der Waals surface area contributed by atoms with Crippen LogP contribution in [0.25, 0.3) is 0 Å². The highest BCUT2D eigenvalue weighted by Crippen LogP contribution is 2.27. The average molecular weight is 406 g/mol. The first-order valence-electron chi connectivity index (χ1n) is 8.98. The van der Waals surface area contributed by atoms with Gasteiger partial charge in [-0.3, -0.25) is 25.0 Å². The van der Waals surface area contributed by atoms with Gasteiger partial charge in [-0.2, -0.15) is 0 Å². The van der Waals surface area contributed by atoms with Gasteiger partial charge in [0.2, 0.25) is 0 Å². The Balaban J connectivity index is 1.81. The third kappa shape index (κ3) is 4.76. The van der Waals surface area contributed by atoms with Gasteiger partial charge in [0, 0.05) is 30.3 Å². The zero-order valence-corrected chi connectivity index (χ0v) is 16.0. The summed E-state index contributed by atoms with van der Waals surface area (Å²) in [5, 5.41) is 28.0. The van der Waals surface area contributed by atoms with Crippen LogP contribution < -0.4 is 10.6 Å². The van der Waals surface area contributed by atoms with E-state index < -0.39 is 15.8 Å². The highest BCUT2D eigenvalue weighted by Gasteiger charge is 2.19. The van der Waals surface area contributed by atoms with Crippen LogP contribution in [-0.2, 0) is 6.54 Å². The molecule has 0 aliphatic rings. The van der Waals surface area contributed by atoms with Crippen molar-refractivity contribution in [1.29, 1.82) is 0 Å². The van der Waals surface area contributed by atoms with E-state index in [9.17, 15) is 25.0 Å². The number of benzene rings is 3. The topological polar surface area (TPSA) is 127 Å². The van der Waals surface area contributed by atoms with E-state index in [1.807, 2.05) is 30.3 Å². The minimum absolute atomic E-state index is 0.0675. The Morgan fingerprint density at radius 3 is 2.30 bits per heavy atom. The number of rotatable bonds is 7. The number of aryl methyl sites for hydroxylation is 1. The summed E-state index contributed by atoms with van der Waals surface area (Å²) in [7, 11) is 0. The van der Waals surface area contributed by atoms with E-state index in [2.05, 4.69) is 10.6 Å². The van der Waals surface area contributed by atoms with Gasteiger partial charge < -0.3 is 10.6 Å². The van der Waals surface area contributed by atoms with Crippen LogP contribution in [0.3, 0.4) is 0 Å². The number of anilines is 2. The molecule has 9 heteroatoms. The van der Waals surface area contributed by atoms with E-state index in [1.165, 1.54) is 36.4 Å². The first-order chi connectivity index (χ1) is 14.3. The lowest BCUT2D eigenvalue weighted by atomic mass is 10.1. The Morgan fingerprint density at radius 2 is 1.63 bits per heavy atom. The number of nitro benzene ring substituents is 2. The van der Waals surface area contributed by atoms with Crippen LogP contribution in [0.2, 0.25) is 0 Å². The maximum Gasteiger partial charge on any atom is 0.293 e. The second-order valence-electron chi connectivity index (χ2n) is 6.54. The van der Waals surface area contributed by atoms with Gasteiger partial charge in [0.1, 0.15) is 5.69 Å². The van der Waals surface area contributed by atoms with E-state index in [0.717, 1.165) is 5.56 Å². The molecule has 0 saturated heterocycles. The second-order valence-corrected chi connectivity index (χ2v) is 6.54. The highest BCUT2D eigenvalue weighted by atomic mass is 16.6. The maximum absolute atomic E-state index is 12.6. The molecule has 0 saturated carbocycles. The number of hydrogen-bond donors (Lipinski definition) is 2. The molecule has 0 aliphatic heterocycles. The molecule has 0 spiro atoms. The molecule has 0 radical (unpaired) electrons. The summed E-state index contributed by atoms with van der Waals surface area (Å²) in [6.07, 6.45) is 0. The molecule has 9 nitrogen and oxygen atoms in total. The molecule has 3 rings (SSSR count). The van der Waals surface area contributed by atoms with Gasteiger partial charge in [0.15, 0.2) is 0 Å². The zero-order valence-electron chi connectivity index (χ0n) is 16.0. The predicted molar refractivity (Wildman–Crippen MR) is 113 cm³/mol. The summed E-state index contributed by atoms with van der Waals surface area (Å²) >= 11 is 0. The summed E-state index contributed by atoms with van der Waals surface area (Å²) in [4.78, 5) is 33.9. The Kier molecular flexibility index (Phi) is 6.02. The molecule has 0 aromatic heterocycles. The number of non-ortho nitro benzene ring substituents is 1. The molecule has 0 bridgehead atoms. The number of hydrogen-bond acceptors (Lipinski definition) is 6. The lowest BCUT2D eigenvalue weighted by Gasteiger charge is -2.11. The van der Waals surface area contributed by atoms with Crippen LogP contribution in [0.15, 0.2) is 66.7 Å². The third-order valence-corrected chi connectivity index (χ3v) is 4.46. The van der Waals surface area contributed by atoms with Crippen molar-refractivity contribution in [3.05, 3.63) is 104 Å². The zero-order chi connectivity index (χ0) is 21.7. The quantitative estimate of drug-likeness (QED) is 0.433. The number of nitrogens with zero attached hydrogens (tertiary/aromatic N) is 2. The van der Waals surface area contributed by atoms with Crippen molar-refractivity contribution < 1.29 is 14.6 Å². The number of carbonyl (C=O) groups excluding carboxylic acids is 1. The molecule has 3 aromatic rings. The van der Waals surface area contributed by atoms with Crippen molar-refractivity contribution in [2.45, 2.75) is 13.5 Å². The van der Waals surface area contributed by atoms with Gasteiger partial charge in [-0.1, -0.05) is 36.4 Å². The molecular formula is C21H18N4O5. The molecule has 2 N–H and O–H groups in total. The Morgan fingerprint density at radius 1 is 0.900 bits per heavy atom. The van der Waals surface area contributed by atoms with E-state index in [4.69, 9.17) is 0 Å². The second kappa shape index (κ2) is 8.82. The van der Waals surface area contributed by atoms with E-state index in [-0.39, 0.29) is 28.3 Å². The van der Waals surface area contributed by atoms with Crippen LogP contribution in [0.5, 0.6) is 0 Å². The highest BCUT2D eigenvalue weighted by molar-refractivity contribution is 6.05. The maximum atomic E-state index is 12.6. The van der Waals surface area contributed by atoms with Gasteiger partial charge in [0.25, 0.3) is 17.3 Å². The first-order valence-corrected chi connectivity index (χ1v) is 8.98. The van der Waals surface area contributed by atoms with E-state index >= 15 is 0 Å². The fourth-order valence-electron chi connectivity index (χ4n) is 2.82. The monoisotopic (exact) mass is 406 g/mol. The van der Waals surface area contributed by atoms with Gasteiger partial charge in [0.05, 0.1) is 15.5 Å². The van der Waals surface area contributed by atoms with Crippen molar-refractivity contribution in [3.8, 4) is 0 Å². The fourth-order valence-corrected chi connectivity index (χ4v) is 2.82. The average Bonchev–Trinajstić information content (AvgIpc) is 2.74. The number of carbonyl (C=O) groups is 1. The minimum atomic E-state index is -0.601. The summed E-state index contributed by atoms with van der Waals surface area (Å²) in [5.41, 5.74) is 1.80. The summed E-state index contributed by atoms with van der Waals surface area (Å²) in [6.45, 7) is 2.08. The standard InChI is InChI=1S/C21H18N4O5/c1-14-7-9-17(24(27)28)12-19(14)23-21(26)16-8-10-18(20(11-16)25(29)30)22-13-15-5-3-2-4-6-15/h2-12,22H,13H2,1H3,(H,23,26). The molecule has 3 aromatic carbocycles. The van der Waals surface area contributed by atoms with Gasteiger partial charge in [-0.15, -0.1) is 0 Å². The molecular weight excluding hydrogens is 388 g/mol. The molecule has 0 unspecified atom stereocenters. The summed E-state index contributed by atoms with van der Waals surface area (Å²) in [5.74, 6) is -0.601. The van der Waals surface area contributed by atoms with Crippen LogP contribution in [0.1, 0.15) is 21.5 Å². The fraction of sp³-hybridized carbons (Fsp3) is 0.0952. The smallest absolute Gasteiger partial charge is 0.293 e. The Hall–Kier alpha value is -4.27. The van der Waals surface area contributed by atoms with Crippen LogP contribution in [0, 0.1) is 27.2 Å². The number of nitrogens with one attached hydrogen (secondary N) is 2. The van der Waals surface area contributed by atoms with Gasteiger partial charge >= 0.3 is 0 Å². The van der Waals surface area contributed by atoms with Crippen LogP contribution >= 0.6 is 0 Å². The molecule has 30 heavy (non-hydrogen) atoms. The molecule has 152 valence electrons.